The van der Waals surface area contributed by atoms with Crippen LogP contribution in [0.25, 0.3) is 0 Å². The van der Waals surface area contributed by atoms with Gasteiger partial charge in [-0.15, -0.1) is 0 Å². The molecule has 1 unspecified atom stereocenters. The van der Waals surface area contributed by atoms with E-state index in [-0.39, 0.29) is 5.92 Å². The lowest BCUT2D eigenvalue weighted by atomic mass is 9.72. The predicted molar refractivity (Wildman–Crippen MR) is 116 cm³/mol. The zero-order chi connectivity index (χ0) is 20.2. The fourth-order valence-corrected chi connectivity index (χ4v) is 5.15. The van der Waals surface area contributed by atoms with Gasteiger partial charge >= 0.3 is 0 Å². The third-order valence-corrected chi connectivity index (χ3v) is 6.90. The number of rotatable bonds is 7. The van der Waals surface area contributed by atoms with E-state index in [0.717, 1.165) is 56.6 Å². The molecule has 0 amide bonds. The molecule has 156 valence electrons. The first-order valence-corrected chi connectivity index (χ1v) is 11.2. The molecule has 1 aliphatic heterocycles. The van der Waals surface area contributed by atoms with Crippen LogP contribution in [-0.4, -0.2) is 34.9 Å². The third-order valence-electron chi connectivity index (χ3n) is 6.90. The van der Waals surface area contributed by atoms with Crippen molar-refractivity contribution in [2.75, 3.05) is 19.6 Å². The summed E-state index contributed by atoms with van der Waals surface area (Å²) in [5, 5.41) is 11.6. The molecule has 29 heavy (non-hydrogen) atoms. The maximum atomic E-state index is 11.6. The van der Waals surface area contributed by atoms with Crippen molar-refractivity contribution in [3.05, 3.63) is 65.7 Å². The van der Waals surface area contributed by atoms with Crippen molar-refractivity contribution in [3.63, 3.8) is 0 Å². The Kier molecular flexibility index (Phi) is 6.23. The van der Waals surface area contributed by atoms with Gasteiger partial charge in [-0.1, -0.05) is 61.7 Å². The van der Waals surface area contributed by atoms with Gasteiger partial charge in [-0.3, -0.25) is 0 Å². The molecule has 0 aromatic heterocycles. The molecule has 2 aliphatic rings. The van der Waals surface area contributed by atoms with Crippen LogP contribution in [0.4, 0.5) is 0 Å². The predicted octanol–water partition coefficient (Wildman–Crippen LogP) is 4.53. The van der Waals surface area contributed by atoms with Crippen molar-refractivity contribution >= 4 is 0 Å². The molecule has 1 saturated heterocycles. The number of nitrogens with two attached hydrogens (primary N) is 1. The van der Waals surface area contributed by atoms with Gasteiger partial charge in [0.2, 0.25) is 0 Å². The normalized spacial score (nSPS) is 21.6. The first-order chi connectivity index (χ1) is 14.1. The summed E-state index contributed by atoms with van der Waals surface area (Å²) in [6, 6.07) is 18.6. The van der Waals surface area contributed by atoms with E-state index in [0.29, 0.717) is 11.2 Å². The molecular formula is C25H35N2O2+. The molecule has 1 atom stereocenters. The van der Waals surface area contributed by atoms with Crippen LogP contribution in [0.2, 0.25) is 0 Å². The molecule has 3 N–H and O–H groups in total. The summed E-state index contributed by atoms with van der Waals surface area (Å²) in [4.78, 5) is 0. The number of quaternary nitrogens is 1. The van der Waals surface area contributed by atoms with Gasteiger partial charge in [0.05, 0.1) is 24.6 Å². The van der Waals surface area contributed by atoms with Gasteiger partial charge in [0.25, 0.3) is 0 Å². The zero-order valence-corrected chi connectivity index (χ0v) is 17.4. The summed E-state index contributed by atoms with van der Waals surface area (Å²) in [5.74, 6) is 7.65. The van der Waals surface area contributed by atoms with Crippen LogP contribution in [-0.2, 0) is 6.61 Å². The molecule has 2 fully saturated rings. The summed E-state index contributed by atoms with van der Waals surface area (Å²) in [6.07, 6.45) is 7.57. The Balaban J connectivity index is 1.50. The highest BCUT2D eigenvalue weighted by atomic mass is 16.5. The van der Waals surface area contributed by atoms with E-state index in [4.69, 9.17) is 10.6 Å². The lowest BCUT2D eigenvalue weighted by Crippen LogP contribution is -2.57. The molecule has 4 nitrogen and oxygen atoms in total. The molecule has 4 rings (SSSR count). The number of ether oxygens (including phenoxy) is 1. The third kappa shape index (κ3) is 5.00. The Morgan fingerprint density at radius 1 is 0.897 bits per heavy atom. The van der Waals surface area contributed by atoms with Crippen LogP contribution in [0, 0.1) is 0 Å². The molecule has 0 radical (unpaired) electrons. The summed E-state index contributed by atoms with van der Waals surface area (Å²) in [7, 11) is 0. The van der Waals surface area contributed by atoms with E-state index in [1.54, 1.807) is 0 Å². The Hall–Kier alpha value is -1.88. The van der Waals surface area contributed by atoms with Crippen molar-refractivity contribution in [2.24, 2.45) is 5.84 Å². The largest absolute Gasteiger partial charge is 0.489 e. The lowest BCUT2D eigenvalue weighted by Gasteiger charge is -2.42. The monoisotopic (exact) mass is 395 g/mol. The van der Waals surface area contributed by atoms with Crippen LogP contribution in [0.15, 0.2) is 54.6 Å². The zero-order valence-electron chi connectivity index (χ0n) is 17.4. The highest BCUT2D eigenvalue weighted by Gasteiger charge is 2.44. The second-order valence-corrected chi connectivity index (χ2v) is 9.12. The van der Waals surface area contributed by atoms with E-state index in [2.05, 4.69) is 24.3 Å². The van der Waals surface area contributed by atoms with E-state index in [1.165, 1.54) is 24.8 Å². The van der Waals surface area contributed by atoms with E-state index in [9.17, 15) is 5.11 Å². The first kappa shape index (κ1) is 20.4. The molecule has 0 bridgehead atoms. The highest BCUT2D eigenvalue weighted by Crippen LogP contribution is 2.42. The molecule has 2 aromatic carbocycles. The van der Waals surface area contributed by atoms with Gasteiger partial charge in [-0.05, 0) is 36.1 Å². The second kappa shape index (κ2) is 8.86. The molecule has 0 spiro atoms. The Bertz CT molecular complexity index is 763. The van der Waals surface area contributed by atoms with Crippen LogP contribution in [0.3, 0.4) is 0 Å². The Morgan fingerprint density at radius 3 is 2.21 bits per heavy atom. The molecule has 1 heterocycles. The minimum Gasteiger partial charge on any atom is -0.489 e. The number of hydrogen-bond donors (Lipinski definition) is 2. The van der Waals surface area contributed by atoms with Gasteiger partial charge in [0, 0.05) is 12.8 Å². The van der Waals surface area contributed by atoms with Crippen LogP contribution < -0.4 is 10.6 Å². The number of benzene rings is 2. The Labute approximate surface area is 174 Å². The maximum absolute atomic E-state index is 11.6. The summed E-state index contributed by atoms with van der Waals surface area (Å²) < 4.78 is 6.56. The van der Waals surface area contributed by atoms with Gasteiger partial charge in [0.1, 0.15) is 18.9 Å². The van der Waals surface area contributed by atoms with Crippen molar-refractivity contribution in [1.82, 2.24) is 0 Å². The minimum absolute atomic E-state index is 0.0778. The number of nitrogens with zero attached hydrogens (tertiary/aromatic N) is 1. The van der Waals surface area contributed by atoms with Crippen LogP contribution >= 0.6 is 0 Å². The van der Waals surface area contributed by atoms with Gasteiger partial charge in [0.15, 0.2) is 0 Å². The van der Waals surface area contributed by atoms with E-state index in [1.807, 2.05) is 30.3 Å². The average molecular weight is 396 g/mol. The minimum atomic E-state index is -0.641. The molecular weight excluding hydrogens is 360 g/mol. The van der Waals surface area contributed by atoms with Gasteiger partial charge in [-0.2, -0.15) is 5.84 Å². The molecule has 2 aromatic rings. The fourth-order valence-electron chi connectivity index (χ4n) is 5.15. The second-order valence-electron chi connectivity index (χ2n) is 9.12. The summed E-state index contributed by atoms with van der Waals surface area (Å²) in [6.45, 7) is 3.42. The highest BCUT2D eigenvalue weighted by molar-refractivity contribution is 5.32. The smallest absolute Gasteiger partial charge is 0.119 e. The van der Waals surface area contributed by atoms with Crippen molar-refractivity contribution in [3.8, 4) is 5.75 Å². The summed E-state index contributed by atoms with van der Waals surface area (Å²) in [5.41, 5.74) is 1.71. The van der Waals surface area contributed by atoms with Crippen molar-refractivity contribution in [1.29, 1.82) is 0 Å². The van der Waals surface area contributed by atoms with Crippen LogP contribution in [0.1, 0.15) is 62.0 Å². The maximum Gasteiger partial charge on any atom is 0.119 e. The quantitative estimate of drug-likeness (QED) is 0.535. The molecule has 1 aliphatic carbocycles. The number of hydrogen-bond acceptors (Lipinski definition) is 3. The topological polar surface area (TPSA) is 55.5 Å². The van der Waals surface area contributed by atoms with E-state index < -0.39 is 5.60 Å². The Morgan fingerprint density at radius 2 is 1.55 bits per heavy atom. The number of likely N-dealkylation sites (tertiary alicyclic amines) is 1. The fraction of sp³-hybridized carbons (Fsp3) is 0.520. The van der Waals surface area contributed by atoms with Gasteiger partial charge in [-0.25, -0.2) is 4.59 Å². The van der Waals surface area contributed by atoms with Gasteiger partial charge < -0.3 is 9.84 Å². The number of aliphatic hydroxyl groups is 1. The lowest BCUT2D eigenvalue weighted by molar-refractivity contribution is -0.930. The van der Waals surface area contributed by atoms with Crippen molar-refractivity contribution in [2.45, 2.75) is 63.1 Å². The average Bonchev–Trinajstić information content (AvgIpc) is 3.19. The van der Waals surface area contributed by atoms with Crippen molar-refractivity contribution < 1.29 is 14.4 Å². The summed E-state index contributed by atoms with van der Waals surface area (Å²) >= 11 is 0. The first-order valence-electron chi connectivity index (χ1n) is 11.2. The standard InChI is InChI=1S/C25H35N2O2/c26-27(17-7-8-18-27)19-24(25(28)15-5-2-6-16-25)22-11-13-23(14-12-22)29-20-21-9-3-1-4-10-21/h1,3-4,9-14,24,28H,2,5-8,15-20,26H2/q+1. The van der Waals surface area contributed by atoms with Crippen LogP contribution in [0.5, 0.6) is 5.75 Å². The van der Waals surface area contributed by atoms with E-state index >= 15 is 0 Å². The SMILES string of the molecule is N[N+]1(CC(c2ccc(OCc3ccccc3)cc2)C2(O)CCCCC2)CCCC1. The molecule has 4 heteroatoms. The molecule has 1 saturated carbocycles.